The number of hydrogen-bond acceptors (Lipinski definition) is 2. The molecule has 0 unspecified atom stereocenters. The van der Waals surface area contributed by atoms with Crippen molar-refractivity contribution in [2.45, 2.75) is 13.8 Å². The minimum Gasteiger partial charge on any atom is -0.311 e. The van der Waals surface area contributed by atoms with E-state index in [1.54, 1.807) is 0 Å². The highest BCUT2D eigenvalue weighted by Crippen LogP contribution is 2.44. The minimum atomic E-state index is 0.0573. The van der Waals surface area contributed by atoms with Crippen LogP contribution in [0.3, 0.4) is 0 Å². The SMILES string of the molecule is Cc1ccc(-c2ccc3c(c2)B2c4cc(-c5ccc(C)cc5)ccc4N(c4ccccc4)c4cccc(c42)N3c2ccccc2)cc1. The summed E-state index contributed by atoms with van der Waals surface area (Å²) in [5.74, 6) is 0. The van der Waals surface area contributed by atoms with Crippen LogP contribution in [0.25, 0.3) is 22.3 Å². The number of fused-ring (bicyclic) bond motifs is 4. The van der Waals surface area contributed by atoms with Crippen LogP contribution in [0.2, 0.25) is 0 Å². The van der Waals surface area contributed by atoms with Gasteiger partial charge in [0.25, 0.3) is 6.71 Å². The van der Waals surface area contributed by atoms with E-state index in [4.69, 9.17) is 0 Å². The van der Waals surface area contributed by atoms with Gasteiger partial charge in [-0.3, -0.25) is 0 Å². The number of anilines is 6. The molecule has 9 rings (SSSR count). The first-order chi connectivity index (χ1) is 23.1. The molecule has 0 saturated heterocycles. The molecule has 0 spiro atoms. The smallest absolute Gasteiger partial charge is 0.252 e. The molecule has 47 heavy (non-hydrogen) atoms. The molecule has 0 N–H and O–H groups in total. The van der Waals surface area contributed by atoms with Crippen molar-refractivity contribution in [2.75, 3.05) is 9.80 Å². The molecule has 222 valence electrons. The van der Waals surface area contributed by atoms with Gasteiger partial charge in [0.05, 0.1) is 0 Å². The average molecular weight is 601 g/mol. The van der Waals surface area contributed by atoms with E-state index in [1.165, 1.54) is 72.5 Å². The Kier molecular flexibility index (Phi) is 6.40. The van der Waals surface area contributed by atoms with Gasteiger partial charge in [-0.25, -0.2) is 0 Å². The first kappa shape index (κ1) is 27.5. The third-order valence-electron chi connectivity index (χ3n) is 9.79. The fourth-order valence-corrected chi connectivity index (χ4v) is 7.51. The molecule has 3 heteroatoms. The molecule has 2 aliphatic rings. The van der Waals surface area contributed by atoms with Crippen molar-refractivity contribution in [3.63, 3.8) is 0 Å². The van der Waals surface area contributed by atoms with Crippen LogP contribution in [-0.4, -0.2) is 6.71 Å². The Bertz CT molecular complexity index is 2100. The number of rotatable bonds is 4. The number of aryl methyl sites for hydroxylation is 2. The third kappa shape index (κ3) is 4.50. The van der Waals surface area contributed by atoms with E-state index in [-0.39, 0.29) is 6.71 Å². The van der Waals surface area contributed by atoms with Gasteiger partial charge >= 0.3 is 0 Å². The maximum absolute atomic E-state index is 2.46. The van der Waals surface area contributed by atoms with Crippen LogP contribution in [0.5, 0.6) is 0 Å². The van der Waals surface area contributed by atoms with Gasteiger partial charge in [0.2, 0.25) is 0 Å². The molecule has 0 aromatic heterocycles. The lowest BCUT2D eigenvalue weighted by atomic mass is 9.33. The Balaban J connectivity index is 1.36. The normalized spacial score (nSPS) is 12.8. The van der Waals surface area contributed by atoms with E-state index in [2.05, 4.69) is 187 Å². The molecule has 0 amide bonds. The number of hydrogen-bond donors (Lipinski definition) is 0. The Labute approximate surface area is 277 Å². The maximum Gasteiger partial charge on any atom is 0.252 e. The molecule has 0 radical (unpaired) electrons. The Hall–Kier alpha value is -5.80. The van der Waals surface area contributed by atoms with Crippen LogP contribution in [0.15, 0.2) is 164 Å². The summed E-state index contributed by atoms with van der Waals surface area (Å²) in [6, 6.07) is 60.4. The highest BCUT2D eigenvalue weighted by atomic mass is 15.2. The lowest BCUT2D eigenvalue weighted by Gasteiger charge is -2.44. The quantitative estimate of drug-likeness (QED) is 0.186. The summed E-state index contributed by atoms with van der Waals surface area (Å²) in [6.07, 6.45) is 0. The van der Waals surface area contributed by atoms with E-state index in [9.17, 15) is 0 Å². The van der Waals surface area contributed by atoms with Crippen molar-refractivity contribution >= 4 is 57.2 Å². The van der Waals surface area contributed by atoms with Gasteiger partial charge in [0.15, 0.2) is 0 Å². The van der Waals surface area contributed by atoms with Crippen LogP contribution in [0.4, 0.5) is 34.1 Å². The molecule has 7 aromatic rings. The largest absolute Gasteiger partial charge is 0.311 e. The Morgan fingerprint density at radius 3 is 1.19 bits per heavy atom. The summed E-state index contributed by atoms with van der Waals surface area (Å²) in [4.78, 5) is 4.92. The summed E-state index contributed by atoms with van der Waals surface area (Å²) in [6.45, 7) is 4.35. The zero-order valence-electron chi connectivity index (χ0n) is 26.6. The van der Waals surface area contributed by atoms with Crippen molar-refractivity contribution in [1.82, 2.24) is 0 Å². The molecule has 2 nitrogen and oxygen atoms in total. The maximum atomic E-state index is 2.46. The third-order valence-corrected chi connectivity index (χ3v) is 9.79. The monoisotopic (exact) mass is 600 g/mol. The second kappa shape index (κ2) is 10.9. The second-order valence-electron chi connectivity index (χ2n) is 12.8. The van der Waals surface area contributed by atoms with Gasteiger partial charge in [-0.1, -0.05) is 126 Å². The van der Waals surface area contributed by atoms with Gasteiger partial charge in [0, 0.05) is 34.1 Å². The Morgan fingerprint density at radius 1 is 0.362 bits per heavy atom. The van der Waals surface area contributed by atoms with E-state index in [1.807, 2.05) is 0 Å². The molecule has 7 aromatic carbocycles. The van der Waals surface area contributed by atoms with E-state index in [0.717, 1.165) is 11.4 Å². The molecule has 0 aliphatic carbocycles. The summed E-state index contributed by atoms with van der Waals surface area (Å²) < 4.78 is 0. The summed E-state index contributed by atoms with van der Waals surface area (Å²) in [7, 11) is 0. The first-order valence-corrected chi connectivity index (χ1v) is 16.4. The van der Waals surface area contributed by atoms with Crippen molar-refractivity contribution in [3.05, 3.63) is 175 Å². The molecule has 0 saturated carbocycles. The minimum absolute atomic E-state index is 0.0573. The van der Waals surface area contributed by atoms with Crippen LogP contribution < -0.4 is 26.2 Å². The summed E-state index contributed by atoms with van der Waals surface area (Å²) >= 11 is 0. The lowest BCUT2D eigenvalue weighted by Crippen LogP contribution is -2.61. The van der Waals surface area contributed by atoms with Gasteiger partial charge in [-0.2, -0.15) is 0 Å². The highest BCUT2D eigenvalue weighted by molar-refractivity contribution is 7.00. The van der Waals surface area contributed by atoms with Crippen molar-refractivity contribution in [1.29, 1.82) is 0 Å². The topological polar surface area (TPSA) is 6.48 Å². The Morgan fingerprint density at radius 2 is 0.766 bits per heavy atom. The van der Waals surface area contributed by atoms with Crippen molar-refractivity contribution in [2.24, 2.45) is 0 Å². The lowest BCUT2D eigenvalue weighted by molar-refractivity contribution is 1.25. The predicted molar refractivity (Wildman–Crippen MR) is 201 cm³/mol. The van der Waals surface area contributed by atoms with Gasteiger partial charge in [-0.15, -0.1) is 0 Å². The van der Waals surface area contributed by atoms with Crippen LogP contribution in [0.1, 0.15) is 11.1 Å². The molecule has 0 bridgehead atoms. The van der Waals surface area contributed by atoms with Crippen LogP contribution in [-0.2, 0) is 0 Å². The molecule has 0 fully saturated rings. The standard InChI is InChI=1S/C44H33BN2/c1-30-16-20-32(21-17-30)34-24-26-40-38(28-34)45-39-29-35(33-22-18-31(2)19-23-33)25-27-41(39)47(37-12-7-4-8-13-37)43-15-9-14-42(44(43)45)46(40)36-10-5-3-6-11-36/h3-29H,1-2H3. The van der Waals surface area contributed by atoms with E-state index < -0.39 is 0 Å². The second-order valence-corrected chi connectivity index (χ2v) is 12.8. The highest BCUT2D eigenvalue weighted by Gasteiger charge is 2.43. The zero-order chi connectivity index (χ0) is 31.5. The van der Waals surface area contributed by atoms with Crippen LogP contribution in [0, 0.1) is 13.8 Å². The molecule has 2 aliphatic heterocycles. The van der Waals surface area contributed by atoms with Gasteiger partial charge in [-0.05, 0) is 101 Å². The molecule has 2 heterocycles. The fourth-order valence-electron chi connectivity index (χ4n) is 7.51. The van der Waals surface area contributed by atoms with Gasteiger partial charge in [0.1, 0.15) is 0 Å². The van der Waals surface area contributed by atoms with Crippen LogP contribution >= 0.6 is 0 Å². The predicted octanol–water partition coefficient (Wildman–Crippen LogP) is 9.72. The van der Waals surface area contributed by atoms with Crippen molar-refractivity contribution < 1.29 is 0 Å². The fraction of sp³-hybridized carbons (Fsp3) is 0.0455. The van der Waals surface area contributed by atoms with Crippen molar-refractivity contribution in [3.8, 4) is 22.3 Å². The number of nitrogens with zero attached hydrogens (tertiary/aromatic N) is 2. The molecule has 0 atom stereocenters. The summed E-state index contributed by atoms with van der Waals surface area (Å²) in [5, 5.41) is 0. The van der Waals surface area contributed by atoms with E-state index >= 15 is 0 Å². The first-order valence-electron chi connectivity index (χ1n) is 16.4. The number of para-hydroxylation sites is 2. The van der Waals surface area contributed by atoms with E-state index in [0.29, 0.717) is 0 Å². The summed E-state index contributed by atoms with van der Waals surface area (Å²) in [5.41, 5.74) is 18.7. The number of benzene rings is 7. The molecular weight excluding hydrogens is 567 g/mol. The average Bonchev–Trinajstić information content (AvgIpc) is 3.12. The molecular formula is C44H33BN2. The van der Waals surface area contributed by atoms with Gasteiger partial charge < -0.3 is 9.80 Å². The zero-order valence-corrected chi connectivity index (χ0v) is 26.6.